The van der Waals surface area contributed by atoms with Crippen molar-refractivity contribution in [2.75, 3.05) is 13.1 Å². The molecular weight excluding hydrogens is 264 g/mol. The molecule has 2 aromatic carbocycles. The van der Waals surface area contributed by atoms with Crippen LogP contribution in [0.15, 0.2) is 36.4 Å². The van der Waals surface area contributed by atoms with Crippen molar-refractivity contribution in [3.63, 3.8) is 0 Å². The maximum Gasteiger partial charge on any atom is 0.257 e. The van der Waals surface area contributed by atoms with Gasteiger partial charge in [-0.2, -0.15) is 0 Å². The van der Waals surface area contributed by atoms with Crippen LogP contribution in [0.4, 0.5) is 0 Å². The Morgan fingerprint density at radius 2 is 2.00 bits per heavy atom. The first-order valence-corrected chi connectivity index (χ1v) is 7.32. The number of piperidine rings is 1. The van der Waals surface area contributed by atoms with Crippen LogP contribution >= 0.6 is 0 Å². The third kappa shape index (κ3) is 2.59. The van der Waals surface area contributed by atoms with Crippen LogP contribution in [-0.2, 0) is 0 Å². The van der Waals surface area contributed by atoms with Gasteiger partial charge in [0.2, 0.25) is 0 Å². The van der Waals surface area contributed by atoms with E-state index in [0.29, 0.717) is 30.0 Å². The highest BCUT2D eigenvalue weighted by molar-refractivity contribution is 6.03. The van der Waals surface area contributed by atoms with Crippen molar-refractivity contribution in [1.82, 2.24) is 4.90 Å². The number of amides is 1. The minimum Gasteiger partial charge on any atom is -0.506 e. The molecule has 4 nitrogen and oxygen atoms in total. The normalized spacial score (nSPS) is 22.5. The second-order valence-corrected chi connectivity index (χ2v) is 5.99. The Morgan fingerprint density at radius 1 is 1.24 bits per heavy atom. The molecule has 1 heterocycles. The van der Waals surface area contributed by atoms with Crippen molar-refractivity contribution in [2.45, 2.75) is 19.4 Å². The Morgan fingerprint density at radius 3 is 2.76 bits per heavy atom. The third-order valence-corrected chi connectivity index (χ3v) is 4.11. The molecule has 1 aliphatic rings. The van der Waals surface area contributed by atoms with Crippen LogP contribution in [-0.4, -0.2) is 35.0 Å². The van der Waals surface area contributed by atoms with Crippen molar-refractivity contribution < 1.29 is 9.90 Å². The summed E-state index contributed by atoms with van der Waals surface area (Å²) >= 11 is 0. The Balaban J connectivity index is 1.96. The van der Waals surface area contributed by atoms with Crippen LogP contribution < -0.4 is 5.73 Å². The molecule has 0 spiro atoms. The van der Waals surface area contributed by atoms with Gasteiger partial charge in [0.15, 0.2) is 0 Å². The van der Waals surface area contributed by atoms with Gasteiger partial charge in [-0.15, -0.1) is 0 Å². The second kappa shape index (κ2) is 5.37. The number of hydrogen-bond acceptors (Lipinski definition) is 3. The first-order valence-electron chi connectivity index (χ1n) is 7.32. The van der Waals surface area contributed by atoms with Crippen LogP contribution in [0.25, 0.3) is 10.8 Å². The van der Waals surface area contributed by atoms with Crippen molar-refractivity contribution in [3.05, 3.63) is 42.0 Å². The molecule has 21 heavy (non-hydrogen) atoms. The number of carbonyl (C=O) groups is 1. The van der Waals surface area contributed by atoms with E-state index in [1.165, 1.54) is 0 Å². The number of benzene rings is 2. The zero-order valence-electron chi connectivity index (χ0n) is 12.1. The molecule has 4 heteroatoms. The number of carbonyl (C=O) groups excluding carboxylic acids is 1. The Labute approximate surface area is 124 Å². The van der Waals surface area contributed by atoms with Gasteiger partial charge in [0.05, 0.1) is 5.56 Å². The van der Waals surface area contributed by atoms with Crippen molar-refractivity contribution in [2.24, 2.45) is 11.7 Å². The number of nitrogens with two attached hydrogens (primary N) is 1. The molecule has 3 N–H and O–H groups in total. The highest BCUT2D eigenvalue weighted by Gasteiger charge is 2.28. The van der Waals surface area contributed by atoms with Gasteiger partial charge in [0, 0.05) is 24.5 Å². The zero-order valence-corrected chi connectivity index (χ0v) is 12.1. The number of aromatic hydroxyl groups is 1. The Kier molecular flexibility index (Phi) is 3.55. The van der Waals surface area contributed by atoms with Gasteiger partial charge >= 0.3 is 0 Å². The van der Waals surface area contributed by atoms with E-state index in [2.05, 4.69) is 6.92 Å². The van der Waals surface area contributed by atoms with Crippen molar-refractivity contribution >= 4 is 16.7 Å². The van der Waals surface area contributed by atoms with E-state index < -0.39 is 0 Å². The second-order valence-electron chi connectivity index (χ2n) is 5.99. The summed E-state index contributed by atoms with van der Waals surface area (Å²) in [5.41, 5.74) is 6.36. The zero-order chi connectivity index (χ0) is 15.0. The van der Waals surface area contributed by atoms with E-state index >= 15 is 0 Å². The quantitative estimate of drug-likeness (QED) is 0.844. The predicted molar refractivity (Wildman–Crippen MR) is 83.3 cm³/mol. The van der Waals surface area contributed by atoms with Crippen LogP contribution in [0.1, 0.15) is 23.7 Å². The first kappa shape index (κ1) is 13.9. The lowest BCUT2D eigenvalue weighted by Crippen LogP contribution is -2.48. The summed E-state index contributed by atoms with van der Waals surface area (Å²) in [6.07, 6.45) is 0.938. The average Bonchev–Trinajstić information content (AvgIpc) is 2.46. The van der Waals surface area contributed by atoms with E-state index in [1.807, 2.05) is 30.3 Å². The van der Waals surface area contributed by atoms with Crippen LogP contribution in [0.2, 0.25) is 0 Å². The number of nitrogens with zero attached hydrogens (tertiary/aromatic N) is 1. The number of rotatable bonds is 1. The summed E-state index contributed by atoms with van der Waals surface area (Å²) in [5, 5.41) is 12.0. The molecule has 0 bridgehead atoms. The van der Waals surface area contributed by atoms with Gasteiger partial charge < -0.3 is 15.7 Å². The molecule has 0 radical (unpaired) electrons. The summed E-state index contributed by atoms with van der Waals surface area (Å²) in [6, 6.07) is 11.1. The molecule has 2 aromatic rings. The Hall–Kier alpha value is -2.07. The number of phenolic OH excluding ortho intramolecular Hbond substituents is 1. The van der Waals surface area contributed by atoms with Crippen LogP contribution in [0.3, 0.4) is 0 Å². The molecule has 2 unspecified atom stereocenters. The molecule has 1 aliphatic heterocycles. The SMILES string of the molecule is CC1CC(N)CN(C(=O)c2ccc3ccccc3c2O)C1. The first-order chi connectivity index (χ1) is 10.1. The molecule has 1 saturated heterocycles. The molecule has 110 valence electrons. The fourth-order valence-corrected chi connectivity index (χ4v) is 3.16. The highest BCUT2D eigenvalue weighted by atomic mass is 16.3. The lowest BCUT2D eigenvalue weighted by atomic mass is 9.95. The molecule has 2 atom stereocenters. The minimum atomic E-state index is -0.139. The predicted octanol–water partition coefficient (Wildman–Crippen LogP) is 2.35. The molecule has 0 aliphatic carbocycles. The monoisotopic (exact) mass is 284 g/mol. The lowest BCUT2D eigenvalue weighted by molar-refractivity contribution is 0.0658. The number of fused-ring (bicyclic) bond motifs is 1. The van der Waals surface area contributed by atoms with E-state index in [-0.39, 0.29) is 17.7 Å². The summed E-state index contributed by atoms with van der Waals surface area (Å²) in [6.45, 7) is 3.34. The smallest absolute Gasteiger partial charge is 0.257 e. The van der Waals surface area contributed by atoms with Crippen LogP contribution in [0, 0.1) is 5.92 Å². The van der Waals surface area contributed by atoms with Gasteiger partial charge in [-0.1, -0.05) is 37.3 Å². The maximum absolute atomic E-state index is 12.7. The standard InChI is InChI=1S/C17H20N2O2/c1-11-8-13(18)10-19(9-11)17(21)15-7-6-12-4-2-3-5-14(12)16(15)20/h2-7,11,13,20H,8-10,18H2,1H3. The van der Waals surface area contributed by atoms with Crippen molar-refractivity contribution in [3.8, 4) is 5.75 Å². The van der Waals surface area contributed by atoms with E-state index in [0.717, 1.165) is 11.8 Å². The number of hydrogen-bond donors (Lipinski definition) is 2. The van der Waals surface area contributed by atoms with Crippen molar-refractivity contribution in [1.29, 1.82) is 0 Å². The summed E-state index contributed by atoms with van der Waals surface area (Å²) < 4.78 is 0. The van der Waals surface area contributed by atoms with E-state index in [9.17, 15) is 9.90 Å². The molecule has 3 rings (SSSR count). The fraction of sp³-hybridized carbons (Fsp3) is 0.353. The van der Waals surface area contributed by atoms with Gasteiger partial charge in [-0.05, 0) is 23.8 Å². The topological polar surface area (TPSA) is 66.6 Å². The molecule has 1 amide bonds. The molecule has 0 aromatic heterocycles. The summed E-state index contributed by atoms with van der Waals surface area (Å²) in [4.78, 5) is 14.4. The number of phenols is 1. The van der Waals surface area contributed by atoms with Gasteiger partial charge in [0.1, 0.15) is 5.75 Å². The van der Waals surface area contributed by atoms with Crippen LogP contribution in [0.5, 0.6) is 5.75 Å². The largest absolute Gasteiger partial charge is 0.506 e. The summed E-state index contributed by atoms with van der Waals surface area (Å²) in [5.74, 6) is 0.311. The average molecular weight is 284 g/mol. The molecule has 0 saturated carbocycles. The summed E-state index contributed by atoms with van der Waals surface area (Å²) in [7, 11) is 0. The van der Waals surface area contributed by atoms with E-state index in [1.54, 1.807) is 11.0 Å². The maximum atomic E-state index is 12.7. The van der Waals surface area contributed by atoms with Gasteiger partial charge in [-0.3, -0.25) is 4.79 Å². The number of likely N-dealkylation sites (tertiary alicyclic amines) is 1. The highest BCUT2D eigenvalue weighted by Crippen LogP contribution is 2.30. The third-order valence-electron chi connectivity index (χ3n) is 4.11. The lowest BCUT2D eigenvalue weighted by Gasteiger charge is -2.35. The fourth-order valence-electron chi connectivity index (χ4n) is 3.16. The van der Waals surface area contributed by atoms with Gasteiger partial charge in [0.25, 0.3) is 5.91 Å². The van der Waals surface area contributed by atoms with E-state index in [4.69, 9.17) is 5.73 Å². The van der Waals surface area contributed by atoms with Gasteiger partial charge in [-0.25, -0.2) is 0 Å². The Bertz CT molecular complexity index is 674. The molecular formula is C17H20N2O2. The minimum absolute atomic E-state index is 0.0142. The molecule has 1 fully saturated rings.